The van der Waals surface area contributed by atoms with Gasteiger partial charge in [0, 0.05) is 5.56 Å². The maximum atomic E-state index is 12.8. The summed E-state index contributed by atoms with van der Waals surface area (Å²) in [5.41, 5.74) is 0.672. The van der Waals surface area contributed by atoms with Gasteiger partial charge in [0.2, 0.25) is 5.89 Å². The Bertz CT molecular complexity index is 843. The maximum absolute atomic E-state index is 12.8. The van der Waals surface area contributed by atoms with E-state index in [2.05, 4.69) is 5.10 Å². The van der Waals surface area contributed by atoms with E-state index in [4.69, 9.17) is 9.15 Å². The highest BCUT2D eigenvalue weighted by Crippen LogP contribution is 2.14. The van der Waals surface area contributed by atoms with Crippen molar-refractivity contribution in [3.05, 3.63) is 71.0 Å². The molecule has 24 heavy (non-hydrogen) atoms. The van der Waals surface area contributed by atoms with Gasteiger partial charge in [-0.2, -0.15) is 4.68 Å². The highest BCUT2D eigenvalue weighted by molar-refractivity contribution is 5.51. The van der Waals surface area contributed by atoms with Crippen LogP contribution in [-0.4, -0.2) is 27.6 Å². The minimum Gasteiger partial charge on any atom is -0.491 e. The first-order valence-corrected chi connectivity index (χ1v) is 7.31. The van der Waals surface area contributed by atoms with E-state index in [1.165, 1.54) is 24.3 Å². The average molecular weight is 330 g/mol. The minimum atomic E-state index is -0.971. The van der Waals surface area contributed by atoms with Crippen LogP contribution in [0.3, 0.4) is 0 Å². The van der Waals surface area contributed by atoms with E-state index >= 15 is 0 Å². The average Bonchev–Trinajstić information content (AvgIpc) is 2.96. The largest absolute Gasteiger partial charge is 0.491 e. The summed E-state index contributed by atoms with van der Waals surface area (Å²) in [4.78, 5) is 11.8. The third-order valence-corrected chi connectivity index (χ3v) is 3.27. The number of hydrogen-bond acceptors (Lipinski definition) is 5. The number of nitrogens with zero attached hydrogens (tertiary/aromatic N) is 2. The van der Waals surface area contributed by atoms with Gasteiger partial charge in [-0.15, -0.1) is 5.10 Å². The van der Waals surface area contributed by atoms with E-state index in [-0.39, 0.29) is 24.9 Å². The van der Waals surface area contributed by atoms with Crippen molar-refractivity contribution in [1.29, 1.82) is 0 Å². The molecule has 0 aliphatic rings. The number of aromatic nitrogens is 2. The fraction of sp³-hybridized carbons (Fsp3) is 0.176. The molecule has 1 atom stereocenters. The predicted octanol–water partition coefficient (Wildman–Crippen LogP) is 2.08. The first-order valence-electron chi connectivity index (χ1n) is 7.31. The van der Waals surface area contributed by atoms with Gasteiger partial charge >= 0.3 is 5.76 Å². The van der Waals surface area contributed by atoms with Crippen LogP contribution in [0, 0.1) is 5.82 Å². The van der Waals surface area contributed by atoms with Gasteiger partial charge in [-0.25, -0.2) is 9.18 Å². The third kappa shape index (κ3) is 3.88. The number of benzene rings is 2. The lowest BCUT2D eigenvalue weighted by atomic mass is 10.2. The fourth-order valence-corrected chi connectivity index (χ4v) is 2.09. The fourth-order valence-electron chi connectivity index (χ4n) is 2.09. The molecule has 0 fully saturated rings. The molecular weight excluding hydrogens is 315 g/mol. The SMILES string of the molecule is O=c1oc(-c2ccccc2)nn1CC(O)COc1ccc(F)cc1. The van der Waals surface area contributed by atoms with E-state index < -0.39 is 11.9 Å². The predicted molar refractivity (Wildman–Crippen MR) is 84.1 cm³/mol. The number of rotatable bonds is 6. The van der Waals surface area contributed by atoms with E-state index in [1.807, 2.05) is 6.07 Å². The zero-order valence-electron chi connectivity index (χ0n) is 12.6. The van der Waals surface area contributed by atoms with Crippen LogP contribution in [0.5, 0.6) is 5.75 Å². The van der Waals surface area contributed by atoms with Gasteiger partial charge < -0.3 is 14.3 Å². The Morgan fingerprint density at radius 3 is 2.58 bits per heavy atom. The summed E-state index contributed by atoms with van der Waals surface area (Å²) in [6.45, 7) is -0.137. The van der Waals surface area contributed by atoms with Crippen LogP contribution < -0.4 is 10.5 Å². The second-order valence-electron chi connectivity index (χ2n) is 5.14. The highest BCUT2D eigenvalue weighted by Gasteiger charge is 2.14. The Morgan fingerprint density at radius 1 is 1.17 bits per heavy atom. The molecule has 3 aromatic rings. The molecule has 1 N–H and O–H groups in total. The quantitative estimate of drug-likeness (QED) is 0.749. The molecule has 0 amide bonds. The van der Waals surface area contributed by atoms with E-state index in [1.54, 1.807) is 24.3 Å². The highest BCUT2D eigenvalue weighted by atomic mass is 19.1. The first-order chi connectivity index (χ1) is 11.6. The summed E-state index contributed by atoms with van der Waals surface area (Å²) in [5.74, 6) is -0.416. The second-order valence-corrected chi connectivity index (χ2v) is 5.14. The van der Waals surface area contributed by atoms with E-state index in [0.717, 1.165) is 4.68 Å². The molecule has 0 aliphatic carbocycles. The normalized spacial score (nSPS) is 12.1. The summed E-state index contributed by atoms with van der Waals surface area (Å²) in [6, 6.07) is 14.4. The lowest BCUT2D eigenvalue weighted by Crippen LogP contribution is -2.29. The molecule has 2 aromatic carbocycles. The van der Waals surface area contributed by atoms with Crippen LogP contribution in [-0.2, 0) is 6.54 Å². The summed E-state index contributed by atoms with van der Waals surface area (Å²) < 4.78 is 24.3. The number of ether oxygens (including phenoxy) is 1. The zero-order valence-corrected chi connectivity index (χ0v) is 12.6. The lowest BCUT2D eigenvalue weighted by molar-refractivity contribution is 0.0875. The van der Waals surface area contributed by atoms with Crippen molar-refractivity contribution in [3.8, 4) is 17.2 Å². The summed E-state index contributed by atoms with van der Waals surface area (Å²) in [5, 5.41) is 14.0. The first kappa shape index (κ1) is 15.9. The van der Waals surface area contributed by atoms with Crippen molar-refractivity contribution < 1.29 is 18.7 Å². The van der Waals surface area contributed by atoms with Crippen LogP contribution in [0.1, 0.15) is 0 Å². The summed E-state index contributed by atoms with van der Waals surface area (Å²) in [7, 11) is 0. The van der Waals surface area contributed by atoms with Gasteiger partial charge in [-0.3, -0.25) is 0 Å². The number of halogens is 1. The maximum Gasteiger partial charge on any atom is 0.437 e. The van der Waals surface area contributed by atoms with Crippen LogP contribution in [0.2, 0.25) is 0 Å². The Hall–Kier alpha value is -2.93. The van der Waals surface area contributed by atoms with Crippen molar-refractivity contribution in [2.24, 2.45) is 0 Å². The van der Waals surface area contributed by atoms with E-state index in [9.17, 15) is 14.3 Å². The molecule has 0 saturated carbocycles. The van der Waals surface area contributed by atoms with Crippen LogP contribution in [0.25, 0.3) is 11.5 Å². The zero-order chi connectivity index (χ0) is 16.9. The molecular formula is C17H15FN2O4. The molecule has 1 aromatic heterocycles. The molecule has 1 unspecified atom stereocenters. The lowest BCUT2D eigenvalue weighted by Gasteiger charge is -2.11. The van der Waals surface area contributed by atoms with Gasteiger partial charge in [0.05, 0.1) is 6.54 Å². The molecule has 0 spiro atoms. The smallest absolute Gasteiger partial charge is 0.437 e. The van der Waals surface area contributed by atoms with Gasteiger partial charge in [-0.05, 0) is 36.4 Å². The van der Waals surface area contributed by atoms with Crippen molar-refractivity contribution >= 4 is 0 Å². The number of aliphatic hydroxyl groups excluding tert-OH is 1. The molecule has 7 heteroatoms. The molecule has 6 nitrogen and oxygen atoms in total. The van der Waals surface area contributed by atoms with Crippen molar-refractivity contribution in [2.45, 2.75) is 12.6 Å². The molecule has 0 bridgehead atoms. The van der Waals surface area contributed by atoms with Gasteiger partial charge in [0.25, 0.3) is 0 Å². The van der Waals surface area contributed by atoms with Crippen molar-refractivity contribution in [3.63, 3.8) is 0 Å². The number of aliphatic hydroxyl groups is 1. The molecule has 0 saturated heterocycles. The Balaban J connectivity index is 1.62. The molecule has 3 rings (SSSR count). The van der Waals surface area contributed by atoms with Crippen molar-refractivity contribution in [1.82, 2.24) is 9.78 Å². The molecule has 1 heterocycles. The van der Waals surface area contributed by atoms with Gasteiger partial charge in [-0.1, -0.05) is 18.2 Å². The van der Waals surface area contributed by atoms with E-state index in [0.29, 0.717) is 11.3 Å². The standard InChI is InChI=1S/C17H15FN2O4/c18-13-6-8-15(9-7-13)23-11-14(21)10-20-17(22)24-16(19-20)12-4-2-1-3-5-12/h1-9,14,21H,10-11H2. The Labute approximate surface area is 136 Å². The second kappa shape index (κ2) is 7.10. The molecule has 124 valence electrons. The van der Waals surface area contributed by atoms with Crippen molar-refractivity contribution in [2.75, 3.05) is 6.61 Å². The summed E-state index contributed by atoms with van der Waals surface area (Å²) in [6.07, 6.45) is -0.971. The van der Waals surface area contributed by atoms with Crippen LogP contribution in [0.4, 0.5) is 4.39 Å². The molecule has 0 aliphatic heterocycles. The van der Waals surface area contributed by atoms with Crippen LogP contribution in [0.15, 0.2) is 63.8 Å². The Morgan fingerprint density at radius 2 is 1.88 bits per heavy atom. The van der Waals surface area contributed by atoms with Gasteiger partial charge in [0.1, 0.15) is 24.3 Å². The minimum absolute atomic E-state index is 0.0639. The molecule has 0 radical (unpaired) electrons. The van der Waals surface area contributed by atoms with Crippen LogP contribution >= 0.6 is 0 Å². The number of hydrogen-bond donors (Lipinski definition) is 1. The topological polar surface area (TPSA) is 77.5 Å². The van der Waals surface area contributed by atoms with Gasteiger partial charge in [0.15, 0.2) is 0 Å². The summed E-state index contributed by atoms with van der Waals surface area (Å²) >= 11 is 0. The Kier molecular flexibility index (Phi) is 4.72. The third-order valence-electron chi connectivity index (χ3n) is 3.27. The monoisotopic (exact) mass is 330 g/mol.